The van der Waals surface area contributed by atoms with Crippen LogP contribution in [0.5, 0.6) is 0 Å². The van der Waals surface area contributed by atoms with Crippen LogP contribution >= 0.6 is 7.82 Å². The number of aliphatic hydroxyl groups is 2. The van der Waals surface area contributed by atoms with Crippen LogP contribution in [0.3, 0.4) is 0 Å². The first-order valence-electron chi connectivity index (χ1n) is 2.44. The molecule has 12 heavy (non-hydrogen) atoms. The molecule has 0 aromatic rings. The van der Waals surface area contributed by atoms with Gasteiger partial charge in [0, 0.05) is 0 Å². The van der Waals surface area contributed by atoms with Crippen LogP contribution in [-0.2, 0) is 9.09 Å². The molecule has 0 aromatic heterocycles. The van der Waals surface area contributed by atoms with Crippen molar-refractivity contribution in [1.82, 2.24) is 0 Å². The Morgan fingerprint density at radius 3 is 2.17 bits per heavy atom. The van der Waals surface area contributed by atoms with Gasteiger partial charge in [-0.05, 0) is 0 Å². The predicted molar refractivity (Wildman–Crippen MR) is 42.7 cm³/mol. The SMILES string of the molecule is O.O=P(O)(O)OCC(O)CO.[H-].[H-].[Mg+2]. The van der Waals surface area contributed by atoms with Gasteiger partial charge in [-0.1, -0.05) is 0 Å². The second-order valence-electron chi connectivity index (χ2n) is 1.62. The molecule has 0 spiro atoms. The summed E-state index contributed by atoms with van der Waals surface area (Å²) in [5, 5.41) is 16.7. The van der Waals surface area contributed by atoms with E-state index < -0.39 is 27.1 Å². The fraction of sp³-hybridized carbons (Fsp3) is 1.00. The van der Waals surface area contributed by atoms with Crippen molar-refractivity contribution < 1.29 is 37.4 Å². The van der Waals surface area contributed by atoms with E-state index >= 15 is 0 Å². The molecule has 0 fully saturated rings. The fourth-order valence-electron chi connectivity index (χ4n) is 0.236. The zero-order valence-electron chi connectivity index (χ0n) is 8.25. The first-order chi connectivity index (χ1) is 4.45. The van der Waals surface area contributed by atoms with Gasteiger partial charge in [0.2, 0.25) is 0 Å². The Bertz CT molecular complexity index is 143. The first-order valence-corrected chi connectivity index (χ1v) is 3.98. The number of aliphatic hydroxyl groups excluding tert-OH is 2. The van der Waals surface area contributed by atoms with Gasteiger partial charge < -0.3 is 28.3 Å². The molecule has 0 saturated carbocycles. The van der Waals surface area contributed by atoms with Crippen LogP contribution in [0.15, 0.2) is 0 Å². The Kier molecular flexibility index (Phi) is 12.9. The molecule has 0 aliphatic rings. The molecule has 0 saturated heterocycles. The second-order valence-corrected chi connectivity index (χ2v) is 2.86. The Balaban J connectivity index is -0.0000000675. The van der Waals surface area contributed by atoms with Gasteiger partial charge in [0.15, 0.2) is 0 Å². The smallest absolute Gasteiger partial charge is 1.00 e. The van der Waals surface area contributed by atoms with E-state index in [1.807, 2.05) is 0 Å². The van der Waals surface area contributed by atoms with Crippen molar-refractivity contribution in [3.63, 3.8) is 0 Å². The zero-order chi connectivity index (χ0) is 8.20. The summed E-state index contributed by atoms with van der Waals surface area (Å²) in [5.74, 6) is 0. The van der Waals surface area contributed by atoms with Crippen LogP contribution in [0.25, 0.3) is 0 Å². The maximum atomic E-state index is 9.93. The maximum absolute atomic E-state index is 9.93. The van der Waals surface area contributed by atoms with Gasteiger partial charge in [0.1, 0.15) is 6.10 Å². The fourth-order valence-corrected chi connectivity index (χ4v) is 0.602. The van der Waals surface area contributed by atoms with Crippen LogP contribution in [0.2, 0.25) is 0 Å². The minimum absolute atomic E-state index is 0. The van der Waals surface area contributed by atoms with Gasteiger partial charge in [0.25, 0.3) is 0 Å². The van der Waals surface area contributed by atoms with E-state index in [0.717, 1.165) is 0 Å². The molecule has 9 heteroatoms. The zero-order valence-corrected chi connectivity index (χ0v) is 8.56. The quantitative estimate of drug-likeness (QED) is 0.302. The van der Waals surface area contributed by atoms with Crippen LogP contribution in [0, 0.1) is 0 Å². The van der Waals surface area contributed by atoms with Gasteiger partial charge in [-0.3, -0.25) is 4.52 Å². The largest absolute Gasteiger partial charge is 2.00 e. The number of hydrogen-bond acceptors (Lipinski definition) is 4. The van der Waals surface area contributed by atoms with Crippen LogP contribution in [0.4, 0.5) is 0 Å². The molecule has 1 atom stereocenters. The van der Waals surface area contributed by atoms with E-state index in [1.165, 1.54) is 0 Å². The van der Waals surface area contributed by atoms with Crippen molar-refractivity contribution in [2.24, 2.45) is 0 Å². The van der Waals surface area contributed by atoms with Crippen LogP contribution in [-0.4, -0.2) is 67.8 Å². The van der Waals surface area contributed by atoms with Gasteiger partial charge >= 0.3 is 30.9 Å². The van der Waals surface area contributed by atoms with Crippen LogP contribution < -0.4 is 0 Å². The summed E-state index contributed by atoms with van der Waals surface area (Å²) in [6.07, 6.45) is -1.24. The number of phosphoric acid groups is 1. The summed E-state index contributed by atoms with van der Waals surface area (Å²) in [4.78, 5) is 16.1. The Morgan fingerprint density at radius 2 is 1.92 bits per heavy atom. The summed E-state index contributed by atoms with van der Waals surface area (Å²) in [6.45, 7) is -1.15. The Hall–Kier alpha value is 0.756. The standard InChI is InChI=1S/C3H9O6P.Mg.H2O.2H/c4-1-3(5)2-9-10(6,7)8;;;;/h3-5H,1-2H2,(H2,6,7,8);;1H2;;/q;+2;;2*-1. The van der Waals surface area contributed by atoms with Crippen molar-refractivity contribution in [3.05, 3.63) is 0 Å². The van der Waals surface area contributed by atoms with Gasteiger partial charge in [-0.25, -0.2) is 4.57 Å². The Morgan fingerprint density at radius 1 is 1.50 bits per heavy atom. The predicted octanol–water partition coefficient (Wildman–Crippen LogP) is -2.53. The molecule has 0 amide bonds. The van der Waals surface area contributed by atoms with Gasteiger partial charge in [-0.2, -0.15) is 0 Å². The number of hydrogen-bond donors (Lipinski definition) is 4. The molecule has 0 rings (SSSR count). The van der Waals surface area contributed by atoms with Crippen molar-refractivity contribution in [3.8, 4) is 0 Å². The van der Waals surface area contributed by atoms with E-state index in [-0.39, 0.29) is 31.4 Å². The second kappa shape index (κ2) is 8.36. The maximum Gasteiger partial charge on any atom is 2.00 e. The molecule has 6 N–H and O–H groups in total. The summed E-state index contributed by atoms with van der Waals surface area (Å²) in [7, 11) is -4.50. The summed E-state index contributed by atoms with van der Waals surface area (Å²) in [5.41, 5.74) is 0. The van der Waals surface area contributed by atoms with Crippen LogP contribution in [0.1, 0.15) is 2.85 Å². The minimum Gasteiger partial charge on any atom is -1.00 e. The molecular weight excluding hydrogens is 203 g/mol. The van der Waals surface area contributed by atoms with Gasteiger partial charge in [0.05, 0.1) is 13.2 Å². The molecule has 0 heterocycles. The number of phosphoric ester groups is 1. The van der Waals surface area contributed by atoms with Crippen molar-refractivity contribution in [2.75, 3.05) is 13.2 Å². The van der Waals surface area contributed by atoms with Crippen molar-refractivity contribution >= 4 is 30.9 Å². The molecule has 0 aromatic carbocycles. The van der Waals surface area contributed by atoms with Crippen molar-refractivity contribution in [1.29, 1.82) is 0 Å². The summed E-state index contributed by atoms with van der Waals surface area (Å²) < 4.78 is 13.8. The van der Waals surface area contributed by atoms with E-state index in [1.54, 1.807) is 0 Å². The van der Waals surface area contributed by atoms with Crippen molar-refractivity contribution in [2.45, 2.75) is 6.10 Å². The topological polar surface area (TPSA) is 139 Å². The average molecular weight is 216 g/mol. The molecule has 0 bridgehead atoms. The average Bonchev–Trinajstić information content (AvgIpc) is 1.81. The molecule has 0 aliphatic heterocycles. The molecule has 74 valence electrons. The first kappa shape index (κ1) is 18.5. The normalized spacial score (nSPS) is 12.7. The number of rotatable bonds is 4. The summed E-state index contributed by atoms with van der Waals surface area (Å²) >= 11 is 0. The van der Waals surface area contributed by atoms with E-state index in [2.05, 4.69) is 4.52 Å². The monoisotopic (exact) mass is 216 g/mol. The molecule has 1 unspecified atom stereocenters. The minimum atomic E-state index is -4.50. The molecule has 0 aliphatic carbocycles. The third kappa shape index (κ3) is 13.4. The molecule has 7 nitrogen and oxygen atoms in total. The molecule has 0 radical (unpaired) electrons. The third-order valence-electron chi connectivity index (χ3n) is 0.646. The van der Waals surface area contributed by atoms with E-state index in [0.29, 0.717) is 0 Å². The Labute approximate surface area is 88.0 Å². The van der Waals surface area contributed by atoms with Gasteiger partial charge in [-0.15, -0.1) is 0 Å². The third-order valence-corrected chi connectivity index (χ3v) is 1.13. The van der Waals surface area contributed by atoms with E-state index in [4.69, 9.17) is 20.0 Å². The van der Waals surface area contributed by atoms with E-state index in [9.17, 15) is 4.57 Å². The summed E-state index contributed by atoms with van der Waals surface area (Å²) in [6, 6.07) is 0. The molecular formula is C3H13MgO7P.